The molecule has 0 radical (unpaired) electrons. The summed E-state index contributed by atoms with van der Waals surface area (Å²) in [5.74, 6) is 1.59. The largest absolute Gasteiger partial charge is 0.316 e. The number of piperidine rings is 1. The fourth-order valence-electron chi connectivity index (χ4n) is 2.55. The Labute approximate surface area is 106 Å². The number of halogens is 1. The standard InChI is InChI=1S/C13H27ClN2/c1-13(2,11-15-8-5-7-14)12-6-4-9-16(3)10-12/h12,15H,4-11H2,1-3H3. The van der Waals surface area contributed by atoms with E-state index in [2.05, 4.69) is 31.1 Å². The summed E-state index contributed by atoms with van der Waals surface area (Å²) in [6.45, 7) is 9.48. The first-order chi connectivity index (χ1) is 7.56. The van der Waals surface area contributed by atoms with Gasteiger partial charge < -0.3 is 10.2 Å². The van der Waals surface area contributed by atoms with Crippen LogP contribution in [0.5, 0.6) is 0 Å². The van der Waals surface area contributed by atoms with Gasteiger partial charge in [-0.25, -0.2) is 0 Å². The molecule has 1 aliphatic rings. The Balaban J connectivity index is 2.30. The molecule has 1 fully saturated rings. The van der Waals surface area contributed by atoms with Gasteiger partial charge in [-0.1, -0.05) is 13.8 Å². The SMILES string of the molecule is CN1CCCC(C(C)(C)CNCCCCl)C1. The first-order valence-corrected chi connectivity index (χ1v) is 7.05. The Morgan fingerprint density at radius 2 is 2.19 bits per heavy atom. The van der Waals surface area contributed by atoms with Crippen molar-refractivity contribution >= 4 is 11.6 Å². The maximum atomic E-state index is 5.67. The minimum atomic E-state index is 0.404. The second-order valence-corrected chi connectivity index (χ2v) is 6.19. The number of hydrogen-bond acceptors (Lipinski definition) is 2. The van der Waals surface area contributed by atoms with Crippen LogP contribution in [0.1, 0.15) is 33.1 Å². The van der Waals surface area contributed by atoms with Gasteiger partial charge in [0, 0.05) is 19.0 Å². The summed E-state index contributed by atoms with van der Waals surface area (Å²) in [5, 5.41) is 3.54. The zero-order valence-electron chi connectivity index (χ0n) is 11.1. The third-order valence-electron chi connectivity index (χ3n) is 3.80. The van der Waals surface area contributed by atoms with Crippen molar-refractivity contribution in [2.45, 2.75) is 33.1 Å². The zero-order chi connectivity index (χ0) is 12.0. The Kier molecular flexibility index (Phi) is 6.09. The summed E-state index contributed by atoms with van der Waals surface area (Å²) in [7, 11) is 2.24. The number of nitrogens with one attached hydrogen (secondary N) is 1. The van der Waals surface area contributed by atoms with Crippen LogP contribution in [0, 0.1) is 11.3 Å². The summed E-state index contributed by atoms with van der Waals surface area (Å²) >= 11 is 5.67. The lowest BCUT2D eigenvalue weighted by atomic mass is 9.74. The zero-order valence-corrected chi connectivity index (χ0v) is 11.8. The van der Waals surface area contributed by atoms with E-state index in [0.29, 0.717) is 5.41 Å². The van der Waals surface area contributed by atoms with Crippen molar-refractivity contribution < 1.29 is 0 Å². The minimum absolute atomic E-state index is 0.404. The fourth-order valence-corrected chi connectivity index (χ4v) is 2.68. The smallest absolute Gasteiger partial charge is 0.0235 e. The molecule has 2 nitrogen and oxygen atoms in total. The van der Waals surface area contributed by atoms with Gasteiger partial charge in [-0.3, -0.25) is 0 Å². The molecule has 16 heavy (non-hydrogen) atoms. The molecule has 0 aromatic rings. The monoisotopic (exact) mass is 246 g/mol. The molecule has 0 saturated carbocycles. The molecule has 3 heteroatoms. The van der Waals surface area contributed by atoms with E-state index in [1.807, 2.05) is 0 Å². The van der Waals surface area contributed by atoms with Crippen LogP contribution in [0.2, 0.25) is 0 Å². The van der Waals surface area contributed by atoms with Gasteiger partial charge in [0.2, 0.25) is 0 Å². The van der Waals surface area contributed by atoms with Crippen molar-refractivity contribution in [1.82, 2.24) is 10.2 Å². The van der Waals surface area contributed by atoms with Gasteiger partial charge in [-0.2, -0.15) is 0 Å². The highest BCUT2D eigenvalue weighted by Crippen LogP contribution is 2.32. The molecule has 1 heterocycles. The van der Waals surface area contributed by atoms with Gasteiger partial charge in [-0.05, 0) is 50.7 Å². The molecule has 1 unspecified atom stereocenters. The summed E-state index contributed by atoms with van der Waals surface area (Å²) in [6, 6.07) is 0. The molecule has 0 amide bonds. The molecule has 0 bridgehead atoms. The van der Waals surface area contributed by atoms with E-state index in [4.69, 9.17) is 11.6 Å². The lowest BCUT2D eigenvalue weighted by Crippen LogP contribution is -2.44. The first-order valence-electron chi connectivity index (χ1n) is 6.51. The van der Waals surface area contributed by atoms with Gasteiger partial charge in [0.25, 0.3) is 0 Å². The number of nitrogens with zero attached hydrogens (tertiary/aromatic N) is 1. The Hall–Kier alpha value is 0.210. The van der Waals surface area contributed by atoms with Gasteiger partial charge >= 0.3 is 0 Å². The topological polar surface area (TPSA) is 15.3 Å². The molecule has 0 aromatic heterocycles. The normalized spacial score (nSPS) is 23.6. The maximum absolute atomic E-state index is 5.67. The van der Waals surface area contributed by atoms with E-state index in [-0.39, 0.29) is 0 Å². The average Bonchev–Trinajstić information content (AvgIpc) is 2.24. The highest BCUT2D eigenvalue weighted by Gasteiger charge is 2.31. The number of rotatable bonds is 6. The minimum Gasteiger partial charge on any atom is -0.316 e. The Bertz CT molecular complexity index is 194. The molecule has 96 valence electrons. The van der Waals surface area contributed by atoms with Crippen molar-refractivity contribution in [2.24, 2.45) is 11.3 Å². The quantitative estimate of drug-likeness (QED) is 0.573. The molecular formula is C13H27ClN2. The van der Waals surface area contributed by atoms with Gasteiger partial charge in [-0.15, -0.1) is 11.6 Å². The lowest BCUT2D eigenvalue weighted by Gasteiger charge is -2.40. The van der Waals surface area contributed by atoms with Crippen LogP contribution in [0.15, 0.2) is 0 Å². The van der Waals surface area contributed by atoms with E-state index in [1.165, 1.54) is 25.9 Å². The van der Waals surface area contributed by atoms with E-state index in [1.54, 1.807) is 0 Å². The summed E-state index contributed by atoms with van der Waals surface area (Å²) in [6.07, 6.45) is 3.81. The molecule has 1 rings (SSSR count). The molecular weight excluding hydrogens is 220 g/mol. The summed E-state index contributed by atoms with van der Waals surface area (Å²) in [5.41, 5.74) is 0.404. The van der Waals surface area contributed by atoms with Crippen molar-refractivity contribution in [3.8, 4) is 0 Å². The van der Waals surface area contributed by atoms with Gasteiger partial charge in [0.15, 0.2) is 0 Å². The van der Waals surface area contributed by atoms with E-state index >= 15 is 0 Å². The summed E-state index contributed by atoms with van der Waals surface area (Å²) in [4.78, 5) is 2.47. The van der Waals surface area contributed by atoms with Gasteiger partial charge in [0.05, 0.1) is 0 Å². The second-order valence-electron chi connectivity index (χ2n) is 5.81. The Morgan fingerprint density at radius 3 is 2.81 bits per heavy atom. The van der Waals surface area contributed by atoms with Crippen LogP contribution in [0.25, 0.3) is 0 Å². The van der Waals surface area contributed by atoms with E-state index in [9.17, 15) is 0 Å². The van der Waals surface area contributed by atoms with E-state index < -0.39 is 0 Å². The van der Waals surface area contributed by atoms with Crippen LogP contribution in [0.4, 0.5) is 0 Å². The van der Waals surface area contributed by atoms with Crippen LogP contribution in [-0.4, -0.2) is 44.0 Å². The average molecular weight is 247 g/mol. The van der Waals surface area contributed by atoms with Crippen molar-refractivity contribution in [3.63, 3.8) is 0 Å². The second kappa shape index (κ2) is 6.83. The van der Waals surface area contributed by atoms with Crippen molar-refractivity contribution in [2.75, 3.05) is 39.1 Å². The van der Waals surface area contributed by atoms with Crippen molar-refractivity contribution in [1.29, 1.82) is 0 Å². The lowest BCUT2D eigenvalue weighted by molar-refractivity contribution is 0.103. The molecule has 1 atom stereocenters. The van der Waals surface area contributed by atoms with Crippen LogP contribution in [0.3, 0.4) is 0 Å². The summed E-state index contributed by atoms with van der Waals surface area (Å²) < 4.78 is 0. The number of alkyl halides is 1. The predicted molar refractivity (Wildman–Crippen MR) is 72.2 cm³/mol. The van der Waals surface area contributed by atoms with Crippen LogP contribution >= 0.6 is 11.6 Å². The van der Waals surface area contributed by atoms with E-state index in [0.717, 1.165) is 31.3 Å². The molecule has 1 aliphatic heterocycles. The molecule has 0 aromatic carbocycles. The van der Waals surface area contributed by atoms with Crippen LogP contribution < -0.4 is 5.32 Å². The third-order valence-corrected chi connectivity index (χ3v) is 4.06. The van der Waals surface area contributed by atoms with Gasteiger partial charge in [0.1, 0.15) is 0 Å². The van der Waals surface area contributed by atoms with Crippen molar-refractivity contribution in [3.05, 3.63) is 0 Å². The maximum Gasteiger partial charge on any atom is 0.0235 e. The molecule has 1 saturated heterocycles. The molecule has 0 aliphatic carbocycles. The highest BCUT2D eigenvalue weighted by atomic mass is 35.5. The fraction of sp³-hybridized carbons (Fsp3) is 1.00. The number of likely N-dealkylation sites (tertiary alicyclic amines) is 1. The van der Waals surface area contributed by atoms with Crippen LogP contribution in [-0.2, 0) is 0 Å². The molecule has 1 N–H and O–H groups in total. The number of hydrogen-bond donors (Lipinski definition) is 1. The first kappa shape index (κ1) is 14.3. The predicted octanol–water partition coefficient (Wildman–Crippen LogP) is 2.57. The Morgan fingerprint density at radius 1 is 1.44 bits per heavy atom. The molecule has 0 spiro atoms. The third kappa shape index (κ3) is 4.60. The highest BCUT2D eigenvalue weighted by molar-refractivity contribution is 6.17.